The maximum absolute atomic E-state index is 13.4. The summed E-state index contributed by atoms with van der Waals surface area (Å²) in [5.41, 5.74) is 2.85. The Kier molecular flexibility index (Phi) is 6.84. The Bertz CT molecular complexity index is 1240. The molecule has 4 nitrogen and oxygen atoms in total. The van der Waals surface area contributed by atoms with Gasteiger partial charge in [0.2, 0.25) is 0 Å². The Hall–Kier alpha value is -3.45. The van der Waals surface area contributed by atoms with Gasteiger partial charge in [-0.15, -0.1) is 0 Å². The van der Waals surface area contributed by atoms with Crippen LogP contribution in [0.15, 0.2) is 78.3 Å². The Morgan fingerprint density at radius 1 is 1.09 bits per heavy atom. The Morgan fingerprint density at radius 3 is 2.56 bits per heavy atom. The number of fused-ring (bicyclic) bond motifs is 1. The second kappa shape index (κ2) is 9.81. The number of halogens is 4. The molecule has 1 aliphatic heterocycles. The second-order valence-electron chi connectivity index (χ2n) is 7.88. The van der Waals surface area contributed by atoms with Gasteiger partial charge in [0, 0.05) is 45.3 Å². The molecule has 0 aromatic heterocycles. The van der Waals surface area contributed by atoms with Crippen molar-refractivity contribution in [1.29, 1.82) is 0 Å². The van der Waals surface area contributed by atoms with Gasteiger partial charge >= 0.3 is 6.18 Å². The van der Waals surface area contributed by atoms with Gasteiger partial charge in [0.1, 0.15) is 12.0 Å². The van der Waals surface area contributed by atoms with E-state index in [9.17, 15) is 13.2 Å². The topological polar surface area (TPSA) is 48.5 Å². The summed E-state index contributed by atoms with van der Waals surface area (Å²) in [4.78, 5) is 4.79. The van der Waals surface area contributed by atoms with Crippen LogP contribution in [-0.2, 0) is 6.18 Å². The van der Waals surface area contributed by atoms with Crippen molar-refractivity contribution in [3.8, 4) is 0 Å². The van der Waals surface area contributed by atoms with E-state index in [0.29, 0.717) is 34.4 Å². The van der Waals surface area contributed by atoms with Gasteiger partial charge in [-0.2, -0.15) is 13.2 Å². The van der Waals surface area contributed by atoms with Crippen molar-refractivity contribution in [1.82, 2.24) is 5.32 Å². The molecular weight excluding hydrogens is 461 g/mol. The Morgan fingerprint density at radius 2 is 1.82 bits per heavy atom. The summed E-state index contributed by atoms with van der Waals surface area (Å²) in [5.74, 6) is 0.489. The van der Waals surface area contributed by atoms with E-state index >= 15 is 0 Å². The summed E-state index contributed by atoms with van der Waals surface area (Å²) in [6.07, 6.45) is -4.11. The first-order valence-corrected chi connectivity index (χ1v) is 11.2. The molecule has 8 heteroatoms. The molecule has 1 atom stereocenters. The molecule has 0 fully saturated rings. The third-order valence-electron chi connectivity index (χ3n) is 5.44. The van der Waals surface area contributed by atoms with Gasteiger partial charge < -0.3 is 16.0 Å². The normalized spacial score (nSPS) is 15.1. The lowest BCUT2D eigenvalue weighted by Gasteiger charge is -2.27. The first-order valence-electron chi connectivity index (χ1n) is 10.9. The van der Waals surface area contributed by atoms with Crippen LogP contribution < -0.4 is 16.0 Å². The fraction of sp³-hybridized carbons (Fsp3) is 0.192. The van der Waals surface area contributed by atoms with Gasteiger partial charge in [-0.3, -0.25) is 0 Å². The monoisotopic (exact) mass is 484 g/mol. The predicted molar refractivity (Wildman–Crippen MR) is 133 cm³/mol. The molecule has 0 radical (unpaired) electrons. The van der Waals surface area contributed by atoms with E-state index in [1.54, 1.807) is 6.07 Å². The van der Waals surface area contributed by atoms with Gasteiger partial charge in [-0.05, 0) is 42.8 Å². The molecule has 176 valence electrons. The van der Waals surface area contributed by atoms with E-state index in [1.165, 1.54) is 6.07 Å². The summed E-state index contributed by atoms with van der Waals surface area (Å²) in [6, 6.07) is 18.5. The smallest absolute Gasteiger partial charge is 0.385 e. The average molecular weight is 485 g/mol. The van der Waals surface area contributed by atoms with Crippen molar-refractivity contribution in [2.24, 2.45) is 4.99 Å². The van der Waals surface area contributed by atoms with Crippen LogP contribution in [0.2, 0.25) is 5.02 Å². The number of hydrogen-bond acceptors (Lipinski definition) is 4. The minimum atomic E-state index is -4.47. The van der Waals surface area contributed by atoms with E-state index in [2.05, 4.69) is 22.5 Å². The molecule has 0 spiro atoms. The van der Waals surface area contributed by atoms with Crippen LogP contribution in [0.1, 0.15) is 41.8 Å². The van der Waals surface area contributed by atoms with Gasteiger partial charge in [0.05, 0.1) is 5.56 Å². The average Bonchev–Trinajstić information content (AvgIpc) is 2.82. The number of aliphatic imine (C=N–C) groups is 1. The molecule has 0 bridgehead atoms. The molecule has 0 saturated heterocycles. The number of hydrogen-bond donors (Lipinski definition) is 3. The van der Waals surface area contributed by atoms with Crippen molar-refractivity contribution in [2.75, 3.05) is 17.2 Å². The summed E-state index contributed by atoms with van der Waals surface area (Å²) in [6.45, 7) is 6.66. The molecule has 1 aliphatic rings. The highest BCUT2D eigenvalue weighted by molar-refractivity contribution is 6.31. The first kappa shape index (κ1) is 23.7. The van der Waals surface area contributed by atoms with E-state index in [1.807, 2.05) is 49.4 Å². The highest BCUT2D eigenvalue weighted by atomic mass is 35.5. The van der Waals surface area contributed by atoms with E-state index in [4.69, 9.17) is 16.6 Å². The molecule has 34 heavy (non-hydrogen) atoms. The van der Waals surface area contributed by atoms with Gasteiger partial charge in [0.25, 0.3) is 0 Å². The fourth-order valence-corrected chi connectivity index (χ4v) is 3.97. The lowest BCUT2D eigenvalue weighted by atomic mass is 10.0. The van der Waals surface area contributed by atoms with Crippen LogP contribution in [0.25, 0.3) is 5.70 Å². The number of benzene rings is 3. The van der Waals surface area contributed by atoms with E-state index < -0.39 is 17.9 Å². The highest BCUT2D eigenvalue weighted by Gasteiger charge is 2.31. The Labute approximate surface area is 201 Å². The van der Waals surface area contributed by atoms with Gasteiger partial charge in [-0.25, -0.2) is 4.99 Å². The minimum Gasteiger partial charge on any atom is -0.385 e. The van der Waals surface area contributed by atoms with Crippen LogP contribution in [0, 0.1) is 0 Å². The van der Waals surface area contributed by atoms with Gasteiger partial charge in [0.15, 0.2) is 0 Å². The molecule has 3 N–H and O–H groups in total. The lowest BCUT2D eigenvalue weighted by Crippen LogP contribution is -2.30. The maximum Gasteiger partial charge on any atom is 0.416 e. The van der Waals surface area contributed by atoms with E-state index in [-0.39, 0.29) is 0 Å². The third kappa shape index (κ3) is 5.04. The third-order valence-corrected chi connectivity index (χ3v) is 5.78. The summed E-state index contributed by atoms with van der Waals surface area (Å²) in [7, 11) is 0. The number of para-hydroxylation sites is 1. The zero-order valence-corrected chi connectivity index (χ0v) is 19.3. The lowest BCUT2D eigenvalue weighted by molar-refractivity contribution is -0.137. The molecule has 1 unspecified atom stereocenters. The largest absolute Gasteiger partial charge is 0.416 e. The molecule has 0 amide bonds. The summed E-state index contributed by atoms with van der Waals surface area (Å²) >= 11 is 6.40. The van der Waals surface area contributed by atoms with Crippen LogP contribution in [0.3, 0.4) is 0 Å². The maximum atomic E-state index is 13.4. The van der Waals surface area contributed by atoms with Crippen molar-refractivity contribution in [3.05, 3.63) is 101 Å². The number of nitrogens with zero attached hydrogens (tertiary/aromatic N) is 1. The number of amidine groups is 1. The first-order chi connectivity index (χ1) is 16.3. The molecule has 4 rings (SSSR count). The number of alkyl halides is 3. The summed E-state index contributed by atoms with van der Waals surface area (Å²) in [5, 5.41) is 10.3. The minimum absolute atomic E-state index is 0.304. The van der Waals surface area contributed by atoms with Crippen molar-refractivity contribution >= 4 is 34.5 Å². The van der Waals surface area contributed by atoms with Crippen molar-refractivity contribution < 1.29 is 13.2 Å². The standard InChI is InChI=1S/C26H24ClF3N4/c1-3-14-31-22-13-12-17(26(28,29)30)15-20(22)16(2)32-25-19-9-5-7-11-23(19)33-24(34-25)18-8-4-6-10-21(18)27/h4-13,15,24,31,33H,2-3,14H2,1H3,(H,32,34). The second-order valence-corrected chi connectivity index (χ2v) is 8.29. The quantitative estimate of drug-likeness (QED) is 0.343. The number of rotatable bonds is 6. The molecule has 0 aliphatic carbocycles. The molecule has 3 aromatic rings. The van der Waals surface area contributed by atoms with Crippen molar-refractivity contribution in [2.45, 2.75) is 25.7 Å². The number of anilines is 2. The van der Waals surface area contributed by atoms with Crippen molar-refractivity contribution in [3.63, 3.8) is 0 Å². The molecule has 0 saturated carbocycles. The highest BCUT2D eigenvalue weighted by Crippen LogP contribution is 2.35. The predicted octanol–water partition coefficient (Wildman–Crippen LogP) is 7.31. The van der Waals surface area contributed by atoms with Crippen LogP contribution in [0.5, 0.6) is 0 Å². The van der Waals surface area contributed by atoms with Gasteiger partial charge in [-0.1, -0.05) is 55.4 Å². The van der Waals surface area contributed by atoms with E-state index in [0.717, 1.165) is 35.4 Å². The summed E-state index contributed by atoms with van der Waals surface area (Å²) < 4.78 is 40.3. The van der Waals surface area contributed by atoms with Crippen LogP contribution in [-0.4, -0.2) is 12.4 Å². The molecule has 1 heterocycles. The molecule has 3 aromatic carbocycles. The molecular formula is C26H24ClF3N4. The Balaban J connectivity index is 1.72. The van der Waals surface area contributed by atoms with Crippen LogP contribution in [0.4, 0.5) is 24.5 Å². The number of nitrogens with one attached hydrogen (secondary N) is 3. The zero-order chi connectivity index (χ0) is 24.3. The zero-order valence-electron chi connectivity index (χ0n) is 18.5. The SMILES string of the molecule is C=C(NC1=NC(c2ccccc2Cl)Nc2ccccc21)c1cc(C(F)(F)F)ccc1NCCC. The fourth-order valence-electron chi connectivity index (χ4n) is 3.73. The van der Waals surface area contributed by atoms with Crippen LogP contribution >= 0.6 is 11.6 Å².